The lowest BCUT2D eigenvalue weighted by Crippen LogP contribution is -2.11. The molecule has 0 fully saturated rings. The highest BCUT2D eigenvalue weighted by atomic mass is 19.1. The zero-order valence-corrected chi connectivity index (χ0v) is 9.63. The maximum absolute atomic E-state index is 13.6. The van der Waals surface area contributed by atoms with E-state index in [4.69, 9.17) is 5.11 Å². The minimum absolute atomic E-state index is 0.0359. The maximum Gasteiger partial charge on any atom is 0.128 e. The molecule has 0 amide bonds. The fourth-order valence-electron chi connectivity index (χ4n) is 1.31. The van der Waals surface area contributed by atoms with Crippen molar-refractivity contribution in [2.75, 3.05) is 20.7 Å². The van der Waals surface area contributed by atoms with Crippen LogP contribution in [0, 0.1) is 17.7 Å². The minimum Gasteiger partial charge on any atom is -0.395 e. The van der Waals surface area contributed by atoms with Crippen LogP contribution in [-0.4, -0.2) is 30.7 Å². The number of nitrogens with zero attached hydrogens (tertiary/aromatic N) is 1. The van der Waals surface area contributed by atoms with Gasteiger partial charge in [0.1, 0.15) is 5.82 Å². The SMILES string of the molecule is CN(C)Cc1ccc(C#CCCO)cc1F. The molecular weight excluding hydrogens is 205 g/mol. The van der Waals surface area contributed by atoms with Crippen molar-refractivity contribution in [2.45, 2.75) is 13.0 Å². The summed E-state index contributed by atoms with van der Waals surface area (Å²) in [5.41, 5.74) is 1.31. The first-order valence-electron chi connectivity index (χ1n) is 5.16. The quantitative estimate of drug-likeness (QED) is 0.784. The molecule has 1 aromatic carbocycles. The molecule has 2 nitrogen and oxygen atoms in total. The average molecular weight is 221 g/mol. The highest BCUT2D eigenvalue weighted by molar-refractivity contribution is 5.37. The van der Waals surface area contributed by atoms with Gasteiger partial charge in [0.2, 0.25) is 0 Å². The van der Waals surface area contributed by atoms with Crippen LogP contribution in [0.25, 0.3) is 0 Å². The average Bonchev–Trinajstić information content (AvgIpc) is 2.22. The van der Waals surface area contributed by atoms with Crippen molar-refractivity contribution < 1.29 is 9.50 Å². The largest absolute Gasteiger partial charge is 0.395 e. The molecule has 0 atom stereocenters. The molecule has 0 bridgehead atoms. The van der Waals surface area contributed by atoms with Crippen molar-refractivity contribution in [3.05, 3.63) is 35.1 Å². The molecule has 1 aromatic rings. The van der Waals surface area contributed by atoms with Gasteiger partial charge in [0, 0.05) is 24.1 Å². The molecule has 0 aliphatic rings. The van der Waals surface area contributed by atoms with Crippen molar-refractivity contribution in [3.8, 4) is 11.8 Å². The first-order chi connectivity index (χ1) is 7.63. The van der Waals surface area contributed by atoms with Crippen LogP contribution in [0.5, 0.6) is 0 Å². The van der Waals surface area contributed by atoms with Crippen molar-refractivity contribution in [2.24, 2.45) is 0 Å². The van der Waals surface area contributed by atoms with Crippen LogP contribution in [0.1, 0.15) is 17.5 Å². The number of rotatable bonds is 3. The second-order valence-corrected chi connectivity index (χ2v) is 3.82. The van der Waals surface area contributed by atoms with Gasteiger partial charge in [-0.05, 0) is 26.2 Å². The molecule has 1 N–H and O–H groups in total. The highest BCUT2D eigenvalue weighted by Gasteiger charge is 2.03. The molecule has 3 heteroatoms. The van der Waals surface area contributed by atoms with E-state index in [1.165, 1.54) is 6.07 Å². The predicted octanol–water partition coefficient (Wildman–Crippen LogP) is 1.62. The molecule has 0 aliphatic carbocycles. The van der Waals surface area contributed by atoms with Crippen LogP contribution < -0.4 is 0 Å². The topological polar surface area (TPSA) is 23.5 Å². The van der Waals surface area contributed by atoms with Crippen LogP contribution >= 0.6 is 0 Å². The summed E-state index contributed by atoms with van der Waals surface area (Å²) in [5.74, 6) is 5.33. The molecule has 0 saturated carbocycles. The first-order valence-corrected chi connectivity index (χ1v) is 5.16. The summed E-state index contributed by atoms with van der Waals surface area (Å²) in [4.78, 5) is 1.91. The molecule has 0 aliphatic heterocycles. The lowest BCUT2D eigenvalue weighted by Gasteiger charge is -2.10. The fourth-order valence-corrected chi connectivity index (χ4v) is 1.31. The van der Waals surface area contributed by atoms with E-state index < -0.39 is 0 Å². The molecule has 0 saturated heterocycles. The van der Waals surface area contributed by atoms with E-state index in [0.717, 1.165) is 0 Å². The molecule has 0 spiro atoms. The Balaban J connectivity index is 2.79. The summed E-state index contributed by atoms with van der Waals surface area (Å²) < 4.78 is 13.6. The summed E-state index contributed by atoms with van der Waals surface area (Å²) in [5, 5.41) is 8.56. The van der Waals surface area contributed by atoms with Gasteiger partial charge in [-0.25, -0.2) is 4.39 Å². The Morgan fingerprint density at radius 1 is 1.38 bits per heavy atom. The fraction of sp³-hybridized carbons (Fsp3) is 0.385. The summed E-state index contributed by atoms with van der Waals surface area (Å²) >= 11 is 0. The van der Waals surface area contributed by atoms with Crippen LogP contribution in [-0.2, 0) is 6.54 Å². The second-order valence-electron chi connectivity index (χ2n) is 3.82. The van der Waals surface area contributed by atoms with Gasteiger partial charge in [-0.3, -0.25) is 0 Å². The molecule has 0 unspecified atom stereocenters. The number of benzene rings is 1. The van der Waals surface area contributed by atoms with Crippen molar-refractivity contribution in [1.82, 2.24) is 4.90 Å². The van der Waals surface area contributed by atoms with Gasteiger partial charge in [0.05, 0.1) is 6.61 Å². The van der Waals surface area contributed by atoms with Crippen LogP contribution in [0.3, 0.4) is 0 Å². The van der Waals surface area contributed by atoms with Gasteiger partial charge in [0.15, 0.2) is 0 Å². The molecule has 1 rings (SSSR count). The Hall–Kier alpha value is -1.37. The minimum atomic E-state index is -0.232. The van der Waals surface area contributed by atoms with E-state index in [1.54, 1.807) is 12.1 Å². The summed E-state index contributed by atoms with van der Waals surface area (Å²) in [6.07, 6.45) is 0.418. The number of aliphatic hydroxyl groups excluding tert-OH is 1. The third kappa shape index (κ3) is 4.01. The third-order valence-corrected chi connectivity index (χ3v) is 2.01. The lowest BCUT2D eigenvalue weighted by atomic mass is 10.1. The van der Waals surface area contributed by atoms with E-state index in [-0.39, 0.29) is 12.4 Å². The number of halogens is 1. The normalized spacial score (nSPS) is 10.1. The first kappa shape index (κ1) is 12.7. The van der Waals surface area contributed by atoms with Gasteiger partial charge in [0.25, 0.3) is 0 Å². The number of aliphatic hydroxyl groups is 1. The molecule has 0 aromatic heterocycles. The summed E-state index contributed by atoms with van der Waals surface area (Å²) in [6.45, 7) is 0.615. The van der Waals surface area contributed by atoms with Crippen LogP contribution in [0.15, 0.2) is 18.2 Å². The monoisotopic (exact) mass is 221 g/mol. The summed E-state index contributed by atoms with van der Waals surface area (Å²) in [7, 11) is 3.79. The molecule has 16 heavy (non-hydrogen) atoms. The highest BCUT2D eigenvalue weighted by Crippen LogP contribution is 2.11. The third-order valence-electron chi connectivity index (χ3n) is 2.01. The number of hydrogen-bond acceptors (Lipinski definition) is 2. The van der Waals surface area contributed by atoms with Crippen molar-refractivity contribution in [3.63, 3.8) is 0 Å². The molecule has 0 heterocycles. The molecular formula is C13H16FNO. The number of hydrogen-bond donors (Lipinski definition) is 1. The lowest BCUT2D eigenvalue weighted by molar-refractivity contribution is 0.305. The zero-order valence-electron chi connectivity index (χ0n) is 9.63. The van der Waals surface area contributed by atoms with Crippen molar-refractivity contribution in [1.29, 1.82) is 0 Å². The molecule has 0 radical (unpaired) electrons. The molecule has 86 valence electrons. The smallest absolute Gasteiger partial charge is 0.128 e. The van der Waals surface area contributed by atoms with Gasteiger partial charge in [-0.15, -0.1) is 0 Å². The Morgan fingerprint density at radius 2 is 2.12 bits per heavy atom. The van der Waals surface area contributed by atoms with E-state index in [1.807, 2.05) is 19.0 Å². The predicted molar refractivity (Wildman–Crippen MR) is 62.4 cm³/mol. The Labute approximate surface area is 95.7 Å². The van der Waals surface area contributed by atoms with E-state index in [9.17, 15) is 4.39 Å². The standard InChI is InChI=1S/C13H16FNO/c1-15(2)10-12-7-6-11(9-13(12)14)5-3-4-8-16/h6-7,9,16H,4,8,10H2,1-2H3. The van der Waals surface area contributed by atoms with Crippen LogP contribution in [0.2, 0.25) is 0 Å². The Bertz CT molecular complexity index is 404. The van der Waals surface area contributed by atoms with E-state index in [0.29, 0.717) is 24.1 Å². The Kier molecular flexibility index (Phi) is 4.97. The van der Waals surface area contributed by atoms with E-state index >= 15 is 0 Å². The van der Waals surface area contributed by atoms with Gasteiger partial charge >= 0.3 is 0 Å². The summed E-state index contributed by atoms with van der Waals surface area (Å²) in [6, 6.07) is 4.98. The van der Waals surface area contributed by atoms with Crippen molar-refractivity contribution >= 4 is 0 Å². The van der Waals surface area contributed by atoms with Gasteiger partial charge in [-0.2, -0.15) is 0 Å². The van der Waals surface area contributed by atoms with Crippen LogP contribution in [0.4, 0.5) is 4.39 Å². The Morgan fingerprint density at radius 3 is 2.69 bits per heavy atom. The maximum atomic E-state index is 13.6. The van der Waals surface area contributed by atoms with Gasteiger partial charge < -0.3 is 10.0 Å². The zero-order chi connectivity index (χ0) is 12.0. The second kappa shape index (κ2) is 6.26. The van der Waals surface area contributed by atoms with Gasteiger partial charge in [-0.1, -0.05) is 17.9 Å². The van der Waals surface area contributed by atoms with E-state index in [2.05, 4.69) is 11.8 Å².